The summed E-state index contributed by atoms with van der Waals surface area (Å²) in [6, 6.07) is 7.19. The molecule has 7 nitrogen and oxygen atoms in total. The molecule has 3 aromatic heterocycles. The third-order valence-electron chi connectivity index (χ3n) is 4.02. The monoisotopic (exact) mass is 352 g/mol. The molecule has 0 aliphatic carbocycles. The van der Waals surface area contributed by atoms with Crippen LogP contribution in [0.15, 0.2) is 43.0 Å². The number of rotatable bonds is 3. The van der Waals surface area contributed by atoms with Crippen molar-refractivity contribution in [3.05, 3.63) is 59.3 Å². The fourth-order valence-corrected chi connectivity index (χ4v) is 2.98. The van der Waals surface area contributed by atoms with Crippen molar-refractivity contribution >= 4 is 28.5 Å². The number of amides is 1. The van der Waals surface area contributed by atoms with Gasteiger partial charge in [0.25, 0.3) is 5.91 Å². The van der Waals surface area contributed by atoms with E-state index in [1.165, 1.54) is 6.33 Å². The SMILES string of the molecule is Cc1ccc(Cl)cc1-n1cc(-c2ncnc3[nH]ncc23)cc1C(N)=O. The maximum Gasteiger partial charge on any atom is 0.265 e. The highest BCUT2D eigenvalue weighted by molar-refractivity contribution is 6.30. The van der Waals surface area contributed by atoms with Crippen molar-refractivity contribution in [1.29, 1.82) is 0 Å². The zero-order valence-corrected chi connectivity index (χ0v) is 13.9. The van der Waals surface area contributed by atoms with Gasteiger partial charge in [0.05, 0.1) is 23.0 Å². The summed E-state index contributed by atoms with van der Waals surface area (Å²) in [5.41, 5.74) is 9.70. The van der Waals surface area contributed by atoms with Gasteiger partial charge in [0.2, 0.25) is 0 Å². The molecule has 3 heterocycles. The van der Waals surface area contributed by atoms with Crippen molar-refractivity contribution in [2.45, 2.75) is 6.92 Å². The topological polar surface area (TPSA) is 102 Å². The number of hydrogen-bond donors (Lipinski definition) is 2. The summed E-state index contributed by atoms with van der Waals surface area (Å²) in [5.74, 6) is -0.539. The van der Waals surface area contributed by atoms with Crippen LogP contribution in [0.4, 0.5) is 0 Å². The Balaban J connectivity index is 1.97. The first kappa shape index (κ1) is 15.3. The molecule has 0 unspecified atom stereocenters. The molecule has 8 heteroatoms. The molecule has 4 aromatic rings. The zero-order chi connectivity index (χ0) is 17.6. The molecular formula is C17H13ClN6O. The number of primary amides is 1. The number of nitrogens with one attached hydrogen (secondary N) is 1. The van der Waals surface area contributed by atoms with E-state index in [1.807, 2.05) is 19.2 Å². The Bertz CT molecular complexity index is 1110. The van der Waals surface area contributed by atoms with Crippen LogP contribution in [0.2, 0.25) is 5.02 Å². The molecule has 4 rings (SSSR count). The van der Waals surface area contributed by atoms with Crippen LogP contribution in [0.25, 0.3) is 28.0 Å². The number of benzene rings is 1. The number of nitrogens with two attached hydrogens (primary N) is 1. The van der Waals surface area contributed by atoms with Crippen LogP contribution in [-0.2, 0) is 0 Å². The lowest BCUT2D eigenvalue weighted by Gasteiger charge is -2.10. The highest BCUT2D eigenvalue weighted by Gasteiger charge is 2.17. The molecule has 3 N–H and O–H groups in total. The van der Waals surface area contributed by atoms with Crippen LogP contribution >= 0.6 is 11.6 Å². The smallest absolute Gasteiger partial charge is 0.265 e. The summed E-state index contributed by atoms with van der Waals surface area (Å²) in [4.78, 5) is 20.4. The van der Waals surface area contributed by atoms with Gasteiger partial charge in [-0.15, -0.1) is 0 Å². The molecule has 0 saturated heterocycles. The van der Waals surface area contributed by atoms with E-state index in [2.05, 4.69) is 20.2 Å². The number of aromatic amines is 1. The summed E-state index contributed by atoms with van der Waals surface area (Å²) in [7, 11) is 0. The van der Waals surface area contributed by atoms with Crippen molar-refractivity contribution in [1.82, 2.24) is 24.7 Å². The molecule has 0 aliphatic heterocycles. The van der Waals surface area contributed by atoms with Crippen molar-refractivity contribution < 1.29 is 4.79 Å². The molecule has 1 aromatic carbocycles. The van der Waals surface area contributed by atoms with Gasteiger partial charge >= 0.3 is 0 Å². The molecule has 25 heavy (non-hydrogen) atoms. The molecule has 0 atom stereocenters. The number of carbonyl (C=O) groups excluding carboxylic acids is 1. The van der Waals surface area contributed by atoms with Crippen LogP contribution in [0.1, 0.15) is 16.1 Å². The normalized spacial score (nSPS) is 11.1. The Kier molecular flexibility index (Phi) is 3.51. The first-order chi connectivity index (χ1) is 12.0. The largest absolute Gasteiger partial charge is 0.364 e. The van der Waals surface area contributed by atoms with Gasteiger partial charge in [-0.3, -0.25) is 9.89 Å². The number of carbonyl (C=O) groups is 1. The van der Waals surface area contributed by atoms with Crippen LogP contribution in [0.3, 0.4) is 0 Å². The van der Waals surface area contributed by atoms with E-state index >= 15 is 0 Å². The Morgan fingerprint density at radius 3 is 2.92 bits per heavy atom. The Morgan fingerprint density at radius 2 is 2.12 bits per heavy atom. The summed E-state index contributed by atoms with van der Waals surface area (Å²) in [6.07, 6.45) is 4.91. The summed E-state index contributed by atoms with van der Waals surface area (Å²) < 4.78 is 1.73. The predicted molar refractivity (Wildman–Crippen MR) is 94.7 cm³/mol. The number of hydrogen-bond acceptors (Lipinski definition) is 4. The van der Waals surface area contributed by atoms with Gasteiger partial charge in [0.1, 0.15) is 12.0 Å². The lowest BCUT2D eigenvalue weighted by atomic mass is 10.2. The fourth-order valence-electron chi connectivity index (χ4n) is 2.82. The average molecular weight is 353 g/mol. The van der Waals surface area contributed by atoms with Gasteiger partial charge in [-0.1, -0.05) is 17.7 Å². The minimum Gasteiger partial charge on any atom is -0.364 e. The molecule has 0 saturated carbocycles. The van der Waals surface area contributed by atoms with Gasteiger partial charge < -0.3 is 10.3 Å². The number of H-pyrrole nitrogens is 1. The lowest BCUT2D eigenvalue weighted by molar-refractivity contribution is 0.0994. The van der Waals surface area contributed by atoms with Gasteiger partial charge in [0, 0.05) is 16.8 Å². The van der Waals surface area contributed by atoms with Crippen LogP contribution in [0, 0.1) is 6.92 Å². The van der Waals surface area contributed by atoms with E-state index in [-0.39, 0.29) is 0 Å². The van der Waals surface area contributed by atoms with Crippen molar-refractivity contribution in [2.24, 2.45) is 5.73 Å². The van der Waals surface area contributed by atoms with Gasteiger partial charge in [-0.05, 0) is 30.7 Å². The van der Waals surface area contributed by atoms with Gasteiger partial charge in [-0.25, -0.2) is 9.97 Å². The molecule has 0 aliphatic rings. The zero-order valence-electron chi connectivity index (χ0n) is 13.2. The second kappa shape index (κ2) is 5.71. The third kappa shape index (κ3) is 2.54. The van der Waals surface area contributed by atoms with E-state index in [0.29, 0.717) is 22.1 Å². The fraction of sp³-hybridized carbons (Fsp3) is 0.0588. The molecule has 0 radical (unpaired) electrons. The number of fused-ring (bicyclic) bond motifs is 1. The predicted octanol–water partition coefficient (Wildman–Crippen LogP) is 2.87. The van der Waals surface area contributed by atoms with E-state index in [4.69, 9.17) is 17.3 Å². The second-order valence-electron chi connectivity index (χ2n) is 5.63. The summed E-state index contributed by atoms with van der Waals surface area (Å²) >= 11 is 6.12. The molecule has 0 fully saturated rings. The van der Waals surface area contributed by atoms with Gasteiger partial charge in [0.15, 0.2) is 5.65 Å². The molecular weight excluding hydrogens is 340 g/mol. The van der Waals surface area contributed by atoms with Crippen molar-refractivity contribution in [3.63, 3.8) is 0 Å². The van der Waals surface area contributed by atoms with Crippen LogP contribution in [-0.4, -0.2) is 30.6 Å². The van der Waals surface area contributed by atoms with Crippen molar-refractivity contribution in [3.8, 4) is 16.9 Å². The molecule has 0 spiro atoms. The van der Waals surface area contributed by atoms with Crippen LogP contribution in [0.5, 0.6) is 0 Å². The van der Waals surface area contributed by atoms with E-state index in [9.17, 15) is 4.79 Å². The number of halogens is 1. The maximum atomic E-state index is 12.0. The highest BCUT2D eigenvalue weighted by Crippen LogP contribution is 2.29. The van der Waals surface area contributed by atoms with E-state index in [1.54, 1.807) is 29.0 Å². The van der Waals surface area contributed by atoms with Crippen molar-refractivity contribution in [2.75, 3.05) is 0 Å². The number of nitrogens with zero attached hydrogens (tertiary/aromatic N) is 4. The third-order valence-corrected chi connectivity index (χ3v) is 4.26. The minimum absolute atomic E-state index is 0.343. The average Bonchev–Trinajstić information content (AvgIpc) is 3.23. The summed E-state index contributed by atoms with van der Waals surface area (Å²) in [6.45, 7) is 1.94. The van der Waals surface area contributed by atoms with E-state index in [0.717, 1.165) is 22.2 Å². The lowest BCUT2D eigenvalue weighted by Crippen LogP contribution is -2.16. The Morgan fingerprint density at radius 1 is 1.28 bits per heavy atom. The standard InChI is InChI=1S/C17H13ClN6O/c1-9-2-3-11(18)5-13(9)24-7-10(4-14(24)16(19)25)15-12-6-22-23-17(12)21-8-20-15/h2-8H,1H3,(H2,19,25)(H,20,21,22,23). The van der Waals surface area contributed by atoms with Gasteiger partial charge in [-0.2, -0.15) is 5.10 Å². The Labute approximate surface area is 147 Å². The van der Waals surface area contributed by atoms with Crippen LogP contribution < -0.4 is 5.73 Å². The highest BCUT2D eigenvalue weighted by atomic mass is 35.5. The molecule has 124 valence electrons. The first-order valence-corrected chi connectivity index (χ1v) is 7.85. The number of aryl methyl sites for hydroxylation is 1. The first-order valence-electron chi connectivity index (χ1n) is 7.48. The second-order valence-corrected chi connectivity index (χ2v) is 6.07. The minimum atomic E-state index is -0.539. The number of aromatic nitrogens is 5. The molecule has 0 bridgehead atoms. The molecule has 1 amide bonds. The Hall–Kier alpha value is -3.19. The summed E-state index contributed by atoms with van der Waals surface area (Å²) in [5, 5.41) is 8.13. The maximum absolute atomic E-state index is 12.0. The quantitative estimate of drug-likeness (QED) is 0.591. The van der Waals surface area contributed by atoms with E-state index < -0.39 is 5.91 Å².